The summed E-state index contributed by atoms with van der Waals surface area (Å²) in [4.78, 5) is 11.8. The summed E-state index contributed by atoms with van der Waals surface area (Å²) in [6, 6.07) is 8.48. The highest BCUT2D eigenvalue weighted by atomic mass is 32.2. The molecular formula is C16H17FN4O5S2. The minimum Gasteiger partial charge on any atom is -0.322 e. The average Bonchev–Trinajstić information content (AvgIpc) is 3.37. The molecule has 0 atom stereocenters. The van der Waals surface area contributed by atoms with E-state index in [1.54, 1.807) is 0 Å². The first-order valence-corrected chi connectivity index (χ1v) is 11.1. The Morgan fingerprint density at radius 3 is 2.36 bits per heavy atom. The van der Waals surface area contributed by atoms with Crippen molar-refractivity contribution in [2.45, 2.75) is 23.8 Å². The van der Waals surface area contributed by atoms with Crippen molar-refractivity contribution in [3.63, 3.8) is 0 Å². The Morgan fingerprint density at radius 1 is 1.04 bits per heavy atom. The van der Waals surface area contributed by atoms with Crippen LogP contribution in [0.15, 0.2) is 47.4 Å². The van der Waals surface area contributed by atoms with Crippen molar-refractivity contribution in [2.24, 2.45) is 5.14 Å². The molecule has 12 heteroatoms. The zero-order chi connectivity index (χ0) is 20.5. The molecule has 5 N–H and O–H groups in total. The van der Waals surface area contributed by atoms with Crippen LogP contribution in [0.25, 0.3) is 0 Å². The van der Waals surface area contributed by atoms with Gasteiger partial charge in [-0.1, -0.05) is 6.07 Å². The highest BCUT2D eigenvalue weighted by molar-refractivity contribution is 7.90. The van der Waals surface area contributed by atoms with Crippen molar-refractivity contribution >= 4 is 37.5 Å². The minimum atomic E-state index is -4.08. The fraction of sp³-hybridized carbons (Fsp3) is 0.188. The number of nitrogens with two attached hydrogens (primary N) is 1. The third-order valence-corrected chi connectivity index (χ3v) is 5.82. The molecule has 3 rings (SSSR count). The van der Waals surface area contributed by atoms with Crippen molar-refractivity contribution in [1.29, 1.82) is 0 Å². The molecule has 150 valence electrons. The van der Waals surface area contributed by atoms with Gasteiger partial charge in [0.1, 0.15) is 10.7 Å². The molecule has 0 bridgehead atoms. The van der Waals surface area contributed by atoms with Gasteiger partial charge in [-0.2, -0.15) is 8.42 Å². The first-order chi connectivity index (χ1) is 13.0. The van der Waals surface area contributed by atoms with Crippen molar-refractivity contribution in [1.82, 2.24) is 4.72 Å². The molecule has 0 radical (unpaired) electrons. The topological polar surface area (TPSA) is 147 Å². The summed E-state index contributed by atoms with van der Waals surface area (Å²) in [6.07, 6.45) is 1.37. The van der Waals surface area contributed by atoms with Gasteiger partial charge in [-0.3, -0.25) is 9.52 Å². The molecule has 1 amide bonds. The van der Waals surface area contributed by atoms with Crippen LogP contribution in [0.3, 0.4) is 0 Å². The number of halogens is 1. The second kappa shape index (κ2) is 7.47. The Balaban J connectivity index is 1.81. The van der Waals surface area contributed by atoms with Crippen molar-refractivity contribution in [2.75, 3.05) is 10.0 Å². The van der Waals surface area contributed by atoms with Gasteiger partial charge >= 0.3 is 0 Å². The fourth-order valence-electron chi connectivity index (χ4n) is 2.36. The van der Waals surface area contributed by atoms with Crippen LogP contribution in [0.2, 0.25) is 0 Å². The van der Waals surface area contributed by atoms with Crippen LogP contribution in [-0.4, -0.2) is 28.8 Å². The number of hydrogen-bond acceptors (Lipinski definition) is 5. The van der Waals surface area contributed by atoms with E-state index in [4.69, 9.17) is 5.14 Å². The van der Waals surface area contributed by atoms with E-state index in [1.807, 2.05) is 0 Å². The Labute approximate surface area is 161 Å². The van der Waals surface area contributed by atoms with Crippen molar-refractivity contribution in [3.8, 4) is 0 Å². The molecule has 0 unspecified atom stereocenters. The Bertz CT molecular complexity index is 1130. The molecular weight excluding hydrogens is 411 g/mol. The molecule has 9 nitrogen and oxygen atoms in total. The molecule has 0 saturated heterocycles. The van der Waals surface area contributed by atoms with Crippen LogP contribution in [0, 0.1) is 5.82 Å². The fourth-order valence-corrected chi connectivity index (χ4v) is 4.23. The highest BCUT2D eigenvalue weighted by Crippen LogP contribution is 2.24. The molecule has 0 heterocycles. The number of benzene rings is 2. The van der Waals surface area contributed by atoms with E-state index in [1.165, 1.54) is 24.3 Å². The highest BCUT2D eigenvalue weighted by Gasteiger charge is 2.30. The molecule has 28 heavy (non-hydrogen) atoms. The summed E-state index contributed by atoms with van der Waals surface area (Å²) in [6.45, 7) is 0. The molecule has 2 aromatic carbocycles. The lowest BCUT2D eigenvalue weighted by Crippen LogP contribution is -2.27. The predicted octanol–water partition coefficient (Wildman–Crippen LogP) is 1.13. The lowest BCUT2D eigenvalue weighted by Gasteiger charge is -2.10. The first-order valence-electron chi connectivity index (χ1n) is 8.07. The van der Waals surface area contributed by atoms with E-state index in [9.17, 15) is 26.0 Å². The van der Waals surface area contributed by atoms with Crippen molar-refractivity contribution < 1.29 is 26.0 Å². The summed E-state index contributed by atoms with van der Waals surface area (Å²) >= 11 is 0. The number of anilines is 2. The van der Waals surface area contributed by atoms with E-state index in [0.717, 1.165) is 18.2 Å². The normalized spacial score (nSPS) is 14.5. The van der Waals surface area contributed by atoms with Gasteiger partial charge < -0.3 is 5.32 Å². The number of carbonyl (C=O) groups is 1. The molecule has 1 aliphatic carbocycles. The largest absolute Gasteiger partial charge is 0.322 e. The molecule has 0 spiro atoms. The van der Waals surface area contributed by atoms with Crippen LogP contribution >= 0.6 is 0 Å². The van der Waals surface area contributed by atoms with E-state index >= 15 is 0 Å². The second-order valence-electron chi connectivity index (χ2n) is 6.22. The molecule has 1 saturated carbocycles. The van der Waals surface area contributed by atoms with Gasteiger partial charge in [0, 0.05) is 17.3 Å². The second-order valence-corrected chi connectivity index (χ2v) is 9.20. The molecule has 1 aliphatic rings. The van der Waals surface area contributed by atoms with Gasteiger partial charge in [-0.15, -0.1) is 0 Å². The summed E-state index contributed by atoms with van der Waals surface area (Å²) in [5.41, 5.74) is 0.266. The number of rotatable bonds is 7. The predicted molar refractivity (Wildman–Crippen MR) is 101 cm³/mol. The van der Waals surface area contributed by atoms with Crippen LogP contribution < -0.4 is 19.9 Å². The van der Waals surface area contributed by atoms with Crippen LogP contribution in [0.4, 0.5) is 15.8 Å². The van der Waals surface area contributed by atoms with Gasteiger partial charge in [0.2, 0.25) is 10.0 Å². The molecule has 0 aromatic heterocycles. The average molecular weight is 428 g/mol. The number of amides is 1. The molecule has 2 aromatic rings. The summed E-state index contributed by atoms with van der Waals surface area (Å²) < 4.78 is 65.1. The van der Waals surface area contributed by atoms with Crippen LogP contribution in [0.5, 0.6) is 0 Å². The Kier molecular flexibility index (Phi) is 5.39. The minimum absolute atomic E-state index is 0.0811. The first kappa shape index (κ1) is 20.2. The van der Waals surface area contributed by atoms with E-state index in [0.29, 0.717) is 12.8 Å². The van der Waals surface area contributed by atoms with Gasteiger partial charge in [-0.25, -0.2) is 22.7 Å². The van der Waals surface area contributed by atoms with Gasteiger partial charge in [0.05, 0.1) is 5.69 Å². The van der Waals surface area contributed by atoms with Crippen LogP contribution in [0.1, 0.15) is 23.2 Å². The number of carbonyl (C=O) groups excluding carboxylic acids is 1. The maximum Gasteiger partial charge on any atom is 0.296 e. The monoisotopic (exact) mass is 428 g/mol. The SMILES string of the molecule is NS(=O)(=O)Nc1cccc(NC(=O)c2ccc(F)c(S(=O)(=O)NC3CC3)c2)c1. The number of sulfonamides is 1. The lowest BCUT2D eigenvalue weighted by molar-refractivity contribution is 0.102. The maximum atomic E-state index is 14.0. The van der Waals surface area contributed by atoms with Crippen molar-refractivity contribution in [3.05, 3.63) is 53.8 Å². The van der Waals surface area contributed by atoms with Gasteiger partial charge in [0.15, 0.2) is 0 Å². The maximum absolute atomic E-state index is 14.0. The standard InChI is InChI=1S/C16H17FN4O5S2/c17-14-7-4-10(8-15(14)27(23,24)20-11-5-6-11)16(22)19-12-2-1-3-13(9-12)21-28(18,25)26/h1-4,7-9,11,20-21H,5-6H2,(H,19,22)(H2,18,25,26). The summed E-state index contributed by atoms with van der Waals surface area (Å²) in [5, 5.41) is 7.38. The summed E-state index contributed by atoms with van der Waals surface area (Å²) in [7, 11) is -8.06. The van der Waals surface area contributed by atoms with E-state index in [-0.39, 0.29) is 23.0 Å². The van der Waals surface area contributed by atoms with Crippen LogP contribution in [-0.2, 0) is 20.2 Å². The van der Waals surface area contributed by atoms with E-state index < -0.39 is 36.9 Å². The Hall–Kier alpha value is -2.54. The summed E-state index contributed by atoms with van der Waals surface area (Å²) in [5.74, 6) is -1.67. The smallest absolute Gasteiger partial charge is 0.296 e. The third kappa shape index (κ3) is 5.25. The zero-order valence-corrected chi connectivity index (χ0v) is 16.0. The molecule has 1 fully saturated rings. The zero-order valence-electron chi connectivity index (χ0n) is 14.3. The van der Waals surface area contributed by atoms with Gasteiger partial charge in [0.25, 0.3) is 16.1 Å². The third-order valence-electron chi connectivity index (χ3n) is 3.76. The quantitative estimate of drug-likeness (QED) is 0.522. The number of hydrogen-bond donors (Lipinski definition) is 4. The van der Waals surface area contributed by atoms with E-state index in [2.05, 4.69) is 14.8 Å². The number of nitrogens with one attached hydrogen (secondary N) is 3. The molecule has 0 aliphatic heterocycles. The lowest BCUT2D eigenvalue weighted by atomic mass is 10.2. The Morgan fingerprint density at radius 2 is 1.71 bits per heavy atom. The van der Waals surface area contributed by atoms with Gasteiger partial charge in [-0.05, 0) is 49.2 Å².